The first-order valence-corrected chi connectivity index (χ1v) is 6.40. The summed E-state index contributed by atoms with van der Waals surface area (Å²) in [6, 6.07) is 2.28. The lowest BCUT2D eigenvalue weighted by Gasteiger charge is -2.16. The first-order chi connectivity index (χ1) is 8.56. The summed E-state index contributed by atoms with van der Waals surface area (Å²) >= 11 is 0. The molecule has 0 aromatic carbocycles. The number of likely N-dealkylation sites (tertiary alicyclic amines) is 1. The zero-order chi connectivity index (χ0) is 13.1. The number of aromatic nitrogens is 2. The molecule has 1 amide bonds. The topological polar surface area (TPSA) is 58.1 Å². The van der Waals surface area contributed by atoms with Gasteiger partial charge in [-0.2, -0.15) is 0 Å². The fourth-order valence-corrected chi connectivity index (χ4v) is 2.14. The predicted octanol–water partition coefficient (Wildman–Crippen LogP) is 1.63. The number of nitrogens with zero attached hydrogens (tertiary/aromatic N) is 3. The van der Waals surface area contributed by atoms with Crippen molar-refractivity contribution in [1.29, 1.82) is 0 Å². The van der Waals surface area contributed by atoms with Gasteiger partial charge in [0.2, 0.25) is 5.91 Å². The normalized spacial score (nSPS) is 19.3. The van der Waals surface area contributed by atoms with Crippen molar-refractivity contribution in [2.24, 2.45) is 0 Å². The number of carbonyl (C=O) groups excluding carboxylic acids is 1. The molecule has 2 rings (SSSR count). The molecule has 18 heavy (non-hydrogen) atoms. The number of hydrogen-bond donors (Lipinski definition) is 1. The molecule has 1 N–H and O–H groups in total. The van der Waals surface area contributed by atoms with Gasteiger partial charge in [-0.1, -0.05) is 13.8 Å². The van der Waals surface area contributed by atoms with Crippen molar-refractivity contribution >= 4 is 11.7 Å². The predicted molar refractivity (Wildman–Crippen MR) is 70.4 cm³/mol. The highest BCUT2D eigenvalue weighted by Crippen LogP contribution is 2.17. The molecule has 0 spiro atoms. The van der Waals surface area contributed by atoms with Crippen molar-refractivity contribution in [3.63, 3.8) is 0 Å². The second kappa shape index (κ2) is 5.33. The van der Waals surface area contributed by atoms with Gasteiger partial charge in [0.1, 0.15) is 12.1 Å². The molecule has 1 aromatic heterocycles. The molecular weight excluding hydrogens is 228 g/mol. The minimum Gasteiger partial charge on any atom is -0.365 e. The van der Waals surface area contributed by atoms with Crippen molar-refractivity contribution in [1.82, 2.24) is 14.9 Å². The van der Waals surface area contributed by atoms with Crippen LogP contribution in [0.5, 0.6) is 0 Å². The third-order valence-electron chi connectivity index (χ3n) is 3.27. The molecule has 1 saturated heterocycles. The highest BCUT2D eigenvalue weighted by atomic mass is 16.2. The van der Waals surface area contributed by atoms with Crippen LogP contribution < -0.4 is 5.32 Å². The van der Waals surface area contributed by atoms with Gasteiger partial charge in [0, 0.05) is 37.8 Å². The summed E-state index contributed by atoms with van der Waals surface area (Å²) in [4.78, 5) is 21.6. The van der Waals surface area contributed by atoms with E-state index in [0.717, 1.165) is 31.0 Å². The van der Waals surface area contributed by atoms with Gasteiger partial charge in [-0.15, -0.1) is 0 Å². The number of carbonyl (C=O) groups is 1. The standard InChI is InChI=1S/C13H20N4O/c1-9(2)12-6-13(15-8-14-12)16-11-4-5-17(7-11)10(3)18/h6,8-9,11H,4-5,7H2,1-3H3,(H,14,15,16)/t11-/m1/s1. The summed E-state index contributed by atoms with van der Waals surface area (Å²) in [5.74, 6) is 1.39. The molecule has 0 aliphatic carbocycles. The molecule has 1 aromatic rings. The van der Waals surface area contributed by atoms with Gasteiger partial charge in [0.25, 0.3) is 0 Å². The van der Waals surface area contributed by atoms with Gasteiger partial charge < -0.3 is 10.2 Å². The lowest BCUT2D eigenvalue weighted by atomic mass is 10.1. The van der Waals surface area contributed by atoms with Crippen molar-refractivity contribution in [3.05, 3.63) is 18.1 Å². The smallest absolute Gasteiger partial charge is 0.219 e. The SMILES string of the molecule is CC(=O)N1CC[C@@H](Nc2cc(C(C)C)ncn2)C1. The largest absolute Gasteiger partial charge is 0.365 e. The molecule has 1 atom stereocenters. The molecule has 0 unspecified atom stereocenters. The van der Waals surface area contributed by atoms with Crippen LogP contribution in [0.1, 0.15) is 38.8 Å². The molecule has 5 heteroatoms. The Hall–Kier alpha value is -1.65. The molecule has 98 valence electrons. The van der Waals surface area contributed by atoms with E-state index in [2.05, 4.69) is 29.1 Å². The molecule has 0 radical (unpaired) electrons. The third-order valence-corrected chi connectivity index (χ3v) is 3.27. The van der Waals surface area contributed by atoms with Gasteiger partial charge in [-0.25, -0.2) is 9.97 Å². The number of rotatable bonds is 3. The maximum absolute atomic E-state index is 11.3. The van der Waals surface area contributed by atoms with Crippen LogP contribution >= 0.6 is 0 Å². The van der Waals surface area contributed by atoms with Crippen LogP contribution in [0.3, 0.4) is 0 Å². The monoisotopic (exact) mass is 248 g/mol. The lowest BCUT2D eigenvalue weighted by molar-refractivity contribution is -0.127. The third kappa shape index (κ3) is 2.97. The van der Waals surface area contributed by atoms with Crippen LogP contribution in [0.2, 0.25) is 0 Å². The fourth-order valence-electron chi connectivity index (χ4n) is 2.14. The molecule has 2 heterocycles. The van der Waals surface area contributed by atoms with E-state index in [1.165, 1.54) is 0 Å². The Bertz CT molecular complexity index is 433. The minimum atomic E-state index is 0.143. The van der Waals surface area contributed by atoms with Gasteiger partial charge in [0.05, 0.1) is 0 Å². The van der Waals surface area contributed by atoms with Crippen LogP contribution in [0, 0.1) is 0 Å². The van der Waals surface area contributed by atoms with Crippen molar-refractivity contribution in [2.75, 3.05) is 18.4 Å². The minimum absolute atomic E-state index is 0.143. The zero-order valence-electron chi connectivity index (χ0n) is 11.2. The maximum Gasteiger partial charge on any atom is 0.219 e. The summed E-state index contributed by atoms with van der Waals surface area (Å²) < 4.78 is 0. The summed E-state index contributed by atoms with van der Waals surface area (Å²) in [6.07, 6.45) is 2.57. The summed E-state index contributed by atoms with van der Waals surface area (Å²) in [5, 5.41) is 3.38. The summed E-state index contributed by atoms with van der Waals surface area (Å²) in [5.41, 5.74) is 1.04. The Morgan fingerprint density at radius 3 is 2.89 bits per heavy atom. The molecule has 5 nitrogen and oxygen atoms in total. The van der Waals surface area contributed by atoms with E-state index in [0.29, 0.717) is 12.0 Å². The van der Waals surface area contributed by atoms with Gasteiger partial charge >= 0.3 is 0 Å². The lowest BCUT2D eigenvalue weighted by Crippen LogP contribution is -2.29. The average Bonchev–Trinajstić information content (AvgIpc) is 2.78. The molecule has 0 bridgehead atoms. The van der Waals surface area contributed by atoms with Crippen LogP contribution in [-0.4, -0.2) is 39.9 Å². The van der Waals surface area contributed by atoms with Gasteiger partial charge in [0.15, 0.2) is 0 Å². The van der Waals surface area contributed by atoms with Gasteiger partial charge in [-0.05, 0) is 12.3 Å². The Kier molecular flexibility index (Phi) is 3.79. The summed E-state index contributed by atoms with van der Waals surface area (Å²) in [6.45, 7) is 7.42. The van der Waals surface area contributed by atoms with Crippen LogP contribution in [-0.2, 0) is 4.79 Å². The highest BCUT2D eigenvalue weighted by Gasteiger charge is 2.24. The molecule has 1 aliphatic heterocycles. The first-order valence-electron chi connectivity index (χ1n) is 6.40. The quantitative estimate of drug-likeness (QED) is 0.883. The van der Waals surface area contributed by atoms with Crippen LogP contribution in [0.25, 0.3) is 0 Å². The van der Waals surface area contributed by atoms with Crippen molar-refractivity contribution in [2.45, 2.75) is 39.2 Å². The molecule has 1 aliphatic rings. The Labute approximate surface area is 108 Å². The van der Waals surface area contributed by atoms with Crippen molar-refractivity contribution < 1.29 is 4.79 Å². The first kappa shape index (κ1) is 12.8. The van der Waals surface area contributed by atoms with E-state index >= 15 is 0 Å². The molecule has 1 fully saturated rings. The van der Waals surface area contributed by atoms with E-state index < -0.39 is 0 Å². The number of hydrogen-bond acceptors (Lipinski definition) is 4. The second-order valence-corrected chi connectivity index (χ2v) is 5.08. The van der Waals surface area contributed by atoms with Gasteiger partial charge in [-0.3, -0.25) is 4.79 Å². The Morgan fingerprint density at radius 1 is 1.50 bits per heavy atom. The van der Waals surface area contributed by atoms with E-state index in [-0.39, 0.29) is 5.91 Å². The van der Waals surface area contributed by atoms with E-state index in [9.17, 15) is 4.79 Å². The highest BCUT2D eigenvalue weighted by molar-refractivity contribution is 5.73. The average molecular weight is 248 g/mol. The van der Waals surface area contributed by atoms with Crippen molar-refractivity contribution in [3.8, 4) is 0 Å². The van der Waals surface area contributed by atoms with Crippen LogP contribution in [0.15, 0.2) is 12.4 Å². The fraction of sp³-hybridized carbons (Fsp3) is 0.615. The number of nitrogens with one attached hydrogen (secondary N) is 1. The van der Waals surface area contributed by atoms with E-state index in [1.54, 1.807) is 13.3 Å². The second-order valence-electron chi connectivity index (χ2n) is 5.08. The zero-order valence-corrected chi connectivity index (χ0v) is 11.2. The molecular formula is C13H20N4O. The summed E-state index contributed by atoms with van der Waals surface area (Å²) in [7, 11) is 0. The maximum atomic E-state index is 11.3. The van der Waals surface area contributed by atoms with Crippen LogP contribution in [0.4, 0.5) is 5.82 Å². The number of amides is 1. The molecule has 0 saturated carbocycles. The van der Waals surface area contributed by atoms with E-state index in [1.807, 2.05) is 11.0 Å². The van der Waals surface area contributed by atoms with E-state index in [4.69, 9.17) is 0 Å². The number of anilines is 1. The Balaban J connectivity index is 1.98. The Morgan fingerprint density at radius 2 is 2.28 bits per heavy atom.